The quantitative estimate of drug-likeness (QED) is 0.482. The van der Waals surface area contributed by atoms with Crippen molar-refractivity contribution in [3.05, 3.63) is 0 Å². The molecule has 2 aliphatic carbocycles. The van der Waals surface area contributed by atoms with Gasteiger partial charge in [0, 0.05) is 0 Å². The Morgan fingerprint density at radius 1 is 0.600 bits per heavy atom. The molecule has 2 fully saturated rings. The molecule has 0 heteroatoms. The minimum absolute atomic E-state index is 0. The van der Waals surface area contributed by atoms with Gasteiger partial charge < -0.3 is 0 Å². The molecule has 2 rings (SSSR count). The zero-order valence-corrected chi connectivity index (χ0v) is 6.10. The van der Waals surface area contributed by atoms with E-state index in [1.165, 1.54) is 31.1 Å². The van der Waals surface area contributed by atoms with Crippen LogP contribution in [0.2, 0.25) is 0 Å². The maximum Gasteiger partial charge on any atom is -0.0386 e. The lowest BCUT2D eigenvalue weighted by Crippen LogP contribution is -2.12. The van der Waals surface area contributed by atoms with Crippen molar-refractivity contribution >= 4 is 0 Å². The van der Waals surface area contributed by atoms with Crippen LogP contribution in [0.15, 0.2) is 0 Å². The molecule has 10 heavy (non-hydrogen) atoms. The van der Waals surface area contributed by atoms with Crippen molar-refractivity contribution in [1.82, 2.24) is 0 Å². The summed E-state index contributed by atoms with van der Waals surface area (Å²) in [6, 6.07) is 0. The van der Waals surface area contributed by atoms with Crippen LogP contribution in [0.25, 0.3) is 0 Å². The zero-order chi connectivity index (χ0) is 6.10. The van der Waals surface area contributed by atoms with Gasteiger partial charge in [0.2, 0.25) is 0 Å². The highest BCUT2D eigenvalue weighted by Crippen LogP contribution is 2.41. The molecule has 2 atom stereocenters. The molecule has 0 heterocycles. The largest absolute Gasteiger partial charge is 0.0776 e. The lowest BCUT2D eigenvalue weighted by Gasteiger charge is -2.24. The van der Waals surface area contributed by atoms with Crippen LogP contribution in [0.4, 0.5) is 0 Å². The molecule has 0 bridgehead atoms. The summed E-state index contributed by atoms with van der Waals surface area (Å²) in [6.07, 6.45) is 10.8. The van der Waals surface area contributed by atoms with Gasteiger partial charge in [0.05, 0.1) is 0 Å². The third-order valence-electron chi connectivity index (χ3n) is 3.22. The van der Waals surface area contributed by atoms with Crippen molar-refractivity contribution in [1.29, 1.82) is 0 Å². The fraction of sp³-hybridized carbons (Fsp3) is 1.00. The molecule has 2 unspecified atom stereocenters. The summed E-state index contributed by atoms with van der Waals surface area (Å²) in [7, 11) is 0. The molecule has 0 saturated heterocycles. The van der Waals surface area contributed by atoms with Gasteiger partial charge in [-0.15, -0.1) is 0 Å². The maximum atomic E-state index is 1.56. The topological polar surface area (TPSA) is 0 Å². The fourth-order valence-electron chi connectivity index (χ4n) is 2.69. The van der Waals surface area contributed by atoms with E-state index >= 15 is 0 Å². The van der Waals surface area contributed by atoms with Gasteiger partial charge in [0.15, 0.2) is 0 Å². The first-order chi connectivity index (χ1) is 4.47. The van der Waals surface area contributed by atoms with Gasteiger partial charge in [-0.25, -0.2) is 0 Å². The van der Waals surface area contributed by atoms with E-state index in [0.717, 1.165) is 0 Å². The third-order valence-corrected chi connectivity index (χ3v) is 3.22. The number of fused-ring (bicyclic) bond motifs is 1. The summed E-state index contributed by atoms with van der Waals surface area (Å²) in [4.78, 5) is 0. The number of rotatable bonds is 0. The average molecular weight is 140 g/mol. The van der Waals surface area contributed by atoms with Crippen LogP contribution in [0.5, 0.6) is 0 Å². The third kappa shape index (κ3) is 1.36. The summed E-state index contributed by atoms with van der Waals surface area (Å²) < 4.78 is 0. The van der Waals surface area contributed by atoms with Crippen molar-refractivity contribution in [3.8, 4) is 0 Å². The fourth-order valence-corrected chi connectivity index (χ4v) is 2.69. The second kappa shape index (κ2) is 3.41. The molecular formula is C10H20. The van der Waals surface area contributed by atoms with Gasteiger partial charge >= 0.3 is 0 Å². The highest BCUT2D eigenvalue weighted by atomic mass is 14.3. The molecule has 60 valence electrons. The van der Waals surface area contributed by atoms with E-state index in [-0.39, 0.29) is 7.43 Å². The Balaban J connectivity index is 0.000000500. The van der Waals surface area contributed by atoms with Crippen LogP contribution in [-0.2, 0) is 0 Å². The first-order valence-corrected chi connectivity index (χ1v) is 4.47. The molecule has 0 spiro atoms. The predicted molar refractivity (Wildman–Crippen MR) is 46.0 cm³/mol. The van der Waals surface area contributed by atoms with Crippen LogP contribution in [0.3, 0.4) is 0 Å². The molecule has 0 amide bonds. The summed E-state index contributed by atoms with van der Waals surface area (Å²) in [5.74, 6) is 2.33. The molecular weight excluding hydrogens is 120 g/mol. The van der Waals surface area contributed by atoms with E-state index in [4.69, 9.17) is 0 Å². The Labute approximate surface area is 65.0 Å². The zero-order valence-electron chi connectivity index (χ0n) is 6.10. The Kier molecular flexibility index (Phi) is 2.76. The smallest absolute Gasteiger partial charge is 0.0386 e. The second-order valence-electron chi connectivity index (χ2n) is 3.74. The molecule has 2 saturated carbocycles. The van der Waals surface area contributed by atoms with Gasteiger partial charge in [-0.2, -0.15) is 0 Å². The molecule has 2 aliphatic rings. The Hall–Kier alpha value is 0. The van der Waals surface area contributed by atoms with Gasteiger partial charge in [0.1, 0.15) is 0 Å². The van der Waals surface area contributed by atoms with Gasteiger partial charge in [0.25, 0.3) is 0 Å². The Bertz CT molecular complexity index is 84.2. The SMILES string of the molecule is C.C1CCC2CCCC2C1. The molecule has 0 aliphatic heterocycles. The van der Waals surface area contributed by atoms with E-state index in [1.807, 2.05) is 0 Å². The van der Waals surface area contributed by atoms with Crippen LogP contribution >= 0.6 is 0 Å². The van der Waals surface area contributed by atoms with Crippen LogP contribution in [-0.4, -0.2) is 0 Å². The summed E-state index contributed by atoms with van der Waals surface area (Å²) in [5.41, 5.74) is 0. The van der Waals surface area contributed by atoms with Crippen molar-refractivity contribution in [2.24, 2.45) is 11.8 Å². The summed E-state index contributed by atoms with van der Waals surface area (Å²) >= 11 is 0. The highest BCUT2D eigenvalue weighted by Gasteiger charge is 2.28. The van der Waals surface area contributed by atoms with Crippen LogP contribution in [0.1, 0.15) is 52.4 Å². The van der Waals surface area contributed by atoms with Gasteiger partial charge in [-0.3, -0.25) is 0 Å². The monoisotopic (exact) mass is 140 g/mol. The maximum absolute atomic E-state index is 1.56. The van der Waals surface area contributed by atoms with Crippen LogP contribution in [0, 0.1) is 11.8 Å². The van der Waals surface area contributed by atoms with Crippen molar-refractivity contribution in [3.63, 3.8) is 0 Å². The summed E-state index contributed by atoms with van der Waals surface area (Å²) in [5, 5.41) is 0. The minimum atomic E-state index is 0. The van der Waals surface area contributed by atoms with E-state index in [1.54, 1.807) is 25.7 Å². The first-order valence-electron chi connectivity index (χ1n) is 4.47. The predicted octanol–water partition coefficient (Wildman–Crippen LogP) is 3.61. The van der Waals surface area contributed by atoms with E-state index in [9.17, 15) is 0 Å². The van der Waals surface area contributed by atoms with Gasteiger partial charge in [-0.1, -0.05) is 52.4 Å². The molecule has 0 nitrogen and oxygen atoms in total. The Morgan fingerprint density at radius 3 is 1.50 bits per heavy atom. The van der Waals surface area contributed by atoms with Crippen molar-refractivity contribution in [2.45, 2.75) is 52.4 Å². The molecule has 0 aromatic heterocycles. The second-order valence-corrected chi connectivity index (χ2v) is 3.74. The number of hydrogen-bond acceptors (Lipinski definition) is 0. The first kappa shape index (κ1) is 8.10. The average Bonchev–Trinajstić information content (AvgIpc) is 2.33. The van der Waals surface area contributed by atoms with E-state index in [2.05, 4.69) is 0 Å². The highest BCUT2D eigenvalue weighted by molar-refractivity contribution is 4.80. The lowest BCUT2D eigenvalue weighted by molar-refractivity contribution is 0.277. The molecule has 0 N–H and O–H groups in total. The molecule has 0 aromatic carbocycles. The van der Waals surface area contributed by atoms with E-state index < -0.39 is 0 Å². The van der Waals surface area contributed by atoms with E-state index in [0.29, 0.717) is 0 Å². The van der Waals surface area contributed by atoms with Crippen LogP contribution < -0.4 is 0 Å². The molecule has 0 radical (unpaired) electrons. The van der Waals surface area contributed by atoms with Crippen molar-refractivity contribution < 1.29 is 0 Å². The minimum Gasteiger partial charge on any atom is -0.0776 e. The molecule has 0 aromatic rings. The standard InChI is InChI=1S/C9H16.CH4/c1-2-5-9-7-3-6-8(9)4-1;/h8-9H,1-7H2;1H4. The van der Waals surface area contributed by atoms with Gasteiger partial charge in [-0.05, 0) is 11.8 Å². The Morgan fingerprint density at radius 2 is 1.00 bits per heavy atom. The summed E-state index contributed by atoms with van der Waals surface area (Å²) in [6.45, 7) is 0. The normalized spacial score (nSPS) is 38.4. The number of hydrogen-bond donors (Lipinski definition) is 0. The lowest BCUT2D eigenvalue weighted by atomic mass is 9.82. The van der Waals surface area contributed by atoms with Crippen molar-refractivity contribution in [2.75, 3.05) is 0 Å².